The van der Waals surface area contributed by atoms with Crippen molar-refractivity contribution in [1.82, 2.24) is 5.32 Å². The van der Waals surface area contributed by atoms with Gasteiger partial charge >= 0.3 is 5.97 Å². The van der Waals surface area contributed by atoms with Crippen molar-refractivity contribution in [3.8, 4) is 0 Å². The van der Waals surface area contributed by atoms with E-state index < -0.39 is 29.9 Å². The zero-order valence-corrected chi connectivity index (χ0v) is 9.81. The number of hydrogen-bond donors (Lipinski definition) is 4. The monoisotopic (exact) mass is 245 g/mol. The van der Waals surface area contributed by atoms with E-state index >= 15 is 0 Å². The van der Waals surface area contributed by atoms with E-state index in [1.807, 2.05) is 6.92 Å². The predicted molar refractivity (Wildman–Crippen MR) is 60.9 cm³/mol. The van der Waals surface area contributed by atoms with E-state index in [0.29, 0.717) is 6.42 Å². The maximum absolute atomic E-state index is 11.5. The molecule has 0 bridgehead atoms. The van der Waals surface area contributed by atoms with Crippen molar-refractivity contribution in [1.29, 1.82) is 0 Å². The van der Waals surface area contributed by atoms with Crippen LogP contribution in [0.25, 0.3) is 0 Å². The highest BCUT2D eigenvalue weighted by Crippen LogP contribution is 2.00. The first-order valence-electron chi connectivity index (χ1n) is 5.45. The molecule has 0 unspecified atom stereocenters. The number of carbonyl (C=O) groups is 3. The highest BCUT2D eigenvalue weighted by molar-refractivity contribution is 5.87. The second-order valence-electron chi connectivity index (χ2n) is 3.80. The largest absolute Gasteiger partial charge is 0.480 e. The van der Waals surface area contributed by atoms with Crippen molar-refractivity contribution in [3.63, 3.8) is 0 Å². The minimum absolute atomic E-state index is 0.0325. The standard InChI is InChI=1S/C10H19N3O4/c1-2-3-6(11)9(15)13-7(10(16)17)4-5-8(12)14/h6-7H,2-5,11H2,1H3,(H2,12,14)(H,13,15)(H,16,17)/t6-,7+/m1/s1. The molecule has 98 valence electrons. The van der Waals surface area contributed by atoms with Crippen LogP contribution in [-0.4, -0.2) is 35.0 Å². The first-order valence-corrected chi connectivity index (χ1v) is 5.45. The van der Waals surface area contributed by atoms with Crippen molar-refractivity contribution in [3.05, 3.63) is 0 Å². The molecule has 6 N–H and O–H groups in total. The Morgan fingerprint density at radius 3 is 2.29 bits per heavy atom. The molecule has 0 radical (unpaired) electrons. The topological polar surface area (TPSA) is 136 Å². The zero-order chi connectivity index (χ0) is 13.4. The van der Waals surface area contributed by atoms with E-state index in [9.17, 15) is 14.4 Å². The molecule has 0 spiro atoms. The van der Waals surface area contributed by atoms with Crippen molar-refractivity contribution in [2.75, 3.05) is 0 Å². The van der Waals surface area contributed by atoms with E-state index in [0.717, 1.165) is 6.42 Å². The lowest BCUT2D eigenvalue weighted by molar-refractivity contribution is -0.142. The summed E-state index contributed by atoms with van der Waals surface area (Å²) in [4.78, 5) is 32.8. The molecule has 7 heteroatoms. The summed E-state index contributed by atoms with van der Waals surface area (Å²) in [6, 6.07) is -1.85. The van der Waals surface area contributed by atoms with Crippen LogP contribution < -0.4 is 16.8 Å². The number of carboxylic acids is 1. The van der Waals surface area contributed by atoms with Gasteiger partial charge in [-0.1, -0.05) is 13.3 Å². The number of aliphatic carboxylic acids is 1. The second kappa shape index (κ2) is 7.61. The fourth-order valence-corrected chi connectivity index (χ4v) is 1.26. The molecule has 2 atom stereocenters. The molecule has 0 saturated heterocycles. The molecule has 0 aromatic heterocycles. The third-order valence-electron chi connectivity index (χ3n) is 2.23. The minimum atomic E-state index is -1.21. The van der Waals surface area contributed by atoms with Gasteiger partial charge in [0.15, 0.2) is 0 Å². The Kier molecular flexibility index (Phi) is 6.88. The third-order valence-corrected chi connectivity index (χ3v) is 2.23. The number of carboxylic acid groups (broad SMARTS) is 1. The van der Waals surface area contributed by atoms with Crippen LogP contribution in [-0.2, 0) is 14.4 Å². The molecule has 17 heavy (non-hydrogen) atoms. The summed E-state index contributed by atoms with van der Waals surface area (Å²) in [6.45, 7) is 1.87. The normalized spacial score (nSPS) is 13.8. The first kappa shape index (κ1) is 15.4. The van der Waals surface area contributed by atoms with Crippen LogP contribution in [0, 0.1) is 0 Å². The number of primary amides is 1. The number of nitrogens with one attached hydrogen (secondary N) is 1. The predicted octanol–water partition coefficient (Wildman–Crippen LogP) is -1.05. The summed E-state index contributed by atoms with van der Waals surface area (Å²) in [6.07, 6.45) is 1.08. The first-order chi connectivity index (χ1) is 7.88. The molecule has 2 amide bonds. The summed E-state index contributed by atoms with van der Waals surface area (Å²) >= 11 is 0. The SMILES string of the molecule is CCC[C@@H](N)C(=O)N[C@@H](CCC(N)=O)C(=O)O. The van der Waals surface area contributed by atoms with Crippen molar-refractivity contribution >= 4 is 17.8 Å². The van der Waals surface area contributed by atoms with Gasteiger partial charge in [0.25, 0.3) is 0 Å². The number of carbonyl (C=O) groups excluding carboxylic acids is 2. The molecule has 0 aromatic rings. The number of amides is 2. The average molecular weight is 245 g/mol. The van der Waals surface area contributed by atoms with Gasteiger partial charge in [0.1, 0.15) is 6.04 Å². The van der Waals surface area contributed by atoms with Gasteiger partial charge in [-0.15, -0.1) is 0 Å². The Labute approximate surface area is 99.5 Å². The van der Waals surface area contributed by atoms with Gasteiger partial charge in [0.2, 0.25) is 11.8 Å². The van der Waals surface area contributed by atoms with E-state index in [-0.39, 0.29) is 12.8 Å². The summed E-state index contributed by atoms with van der Waals surface area (Å²) in [5, 5.41) is 11.1. The van der Waals surface area contributed by atoms with Gasteiger partial charge in [-0.25, -0.2) is 4.79 Å². The van der Waals surface area contributed by atoms with Gasteiger partial charge in [0.05, 0.1) is 6.04 Å². The van der Waals surface area contributed by atoms with E-state index in [2.05, 4.69) is 5.32 Å². The maximum Gasteiger partial charge on any atom is 0.326 e. The molecule has 0 aliphatic rings. The fourth-order valence-electron chi connectivity index (χ4n) is 1.26. The molecule has 0 aliphatic heterocycles. The molecular weight excluding hydrogens is 226 g/mol. The van der Waals surface area contributed by atoms with Gasteiger partial charge < -0.3 is 21.9 Å². The minimum Gasteiger partial charge on any atom is -0.480 e. The lowest BCUT2D eigenvalue weighted by Crippen LogP contribution is -2.48. The molecule has 0 saturated carbocycles. The zero-order valence-electron chi connectivity index (χ0n) is 9.81. The second-order valence-corrected chi connectivity index (χ2v) is 3.80. The third kappa shape index (κ3) is 6.52. The van der Waals surface area contributed by atoms with E-state index in [4.69, 9.17) is 16.6 Å². The molecule has 0 aliphatic carbocycles. The Hall–Kier alpha value is -1.63. The Morgan fingerprint density at radius 1 is 1.29 bits per heavy atom. The van der Waals surface area contributed by atoms with Gasteiger partial charge in [0, 0.05) is 6.42 Å². The Morgan fingerprint density at radius 2 is 1.88 bits per heavy atom. The molecule has 0 fully saturated rings. The van der Waals surface area contributed by atoms with E-state index in [1.54, 1.807) is 0 Å². The fraction of sp³-hybridized carbons (Fsp3) is 0.700. The summed E-state index contributed by atoms with van der Waals surface area (Å²) < 4.78 is 0. The number of nitrogens with two attached hydrogens (primary N) is 2. The van der Waals surface area contributed by atoms with Gasteiger partial charge in [-0.05, 0) is 12.8 Å². The average Bonchev–Trinajstić information content (AvgIpc) is 2.23. The molecule has 0 heterocycles. The van der Waals surface area contributed by atoms with E-state index in [1.165, 1.54) is 0 Å². The smallest absolute Gasteiger partial charge is 0.326 e. The van der Waals surface area contributed by atoms with Crippen LogP contribution in [0.5, 0.6) is 0 Å². The van der Waals surface area contributed by atoms with Crippen molar-refractivity contribution < 1.29 is 19.5 Å². The lowest BCUT2D eigenvalue weighted by atomic mass is 10.1. The summed E-state index contributed by atoms with van der Waals surface area (Å²) in [7, 11) is 0. The van der Waals surface area contributed by atoms with Crippen LogP contribution in [0.3, 0.4) is 0 Å². The van der Waals surface area contributed by atoms with Crippen LogP contribution in [0.15, 0.2) is 0 Å². The van der Waals surface area contributed by atoms with Gasteiger partial charge in [-0.3, -0.25) is 9.59 Å². The molecule has 0 aromatic carbocycles. The molecule has 7 nitrogen and oxygen atoms in total. The van der Waals surface area contributed by atoms with Crippen LogP contribution in [0.4, 0.5) is 0 Å². The Bertz CT molecular complexity index is 293. The Balaban J connectivity index is 4.29. The maximum atomic E-state index is 11.5. The molecular formula is C10H19N3O4. The highest BCUT2D eigenvalue weighted by Gasteiger charge is 2.23. The number of hydrogen-bond acceptors (Lipinski definition) is 4. The van der Waals surface area contributed by atoms with Crippen molar-refractivity contribution in [2.45, 2.75) is 44.7 Å². The van der Waals surface area contributed by atoms with Crippen LogP contribution >= 0.6 is 0 Å². The summed E-state index contributed by atoms with van der Waals surface area (Å²) in [5.41, 5.74) is 10.4. The van der Waals surface area contributed by atoms with Gasteiger partial charge in [-0.2, -0.15) is 0 Å². The lowest BCUT2D eigenvalue weighted by Gasteiger charge is -2.16. The number of rotatable bonds is 8. The van der Waals surface area contributed by atoms with Crippen LogP contribution in [0.2, 0.25) is 0 Å². The molecule has 0 rings (SSSR count). The van der Waals surface area contributed by atoms with Crippen LogP contribution in [0.1, 0.15) is 32.6 Å². The summed E-state index contributed by atoms with van der Waals surface area (Å²) in [5.74, 6) is -2.34. The van der Waals surface area contributed by atoms with Crippen molar-refractivity contribution in [2.24, 2.45) is 11.5 Å². The highest BCUT2D eigenvalue weighted by atomic mass is 16.4. The quantitative estimate of drug-likeness (QED) is 0.432.